The second-order valence-electron chi connectivity index (χ2n) is 8.02. The highest BCUT2D eigenvalue weighted by Crippen LogP contribution is 2.20. The van der Waals surface area contributed by atoms with E-state index in [1.165, 1.54) is 32.4 Å². The Kier molecular flexibility index (Phi) is 6.96. The predicted molar refractivity (Wildman–Crippen MR) is 85.2 cm³/mol. The van der Waals surface area contributed by atoms with Crippen molar-refractivity contribution in [3.05, 3.63) is 0 Å². The Morgan fingerprint density at radius 3 is 2.15 bits per heavy atom. The van der Waals surface area contributed by atoms with Gasteiger partial charge in [0.25, 0.3) is 0 Å². The third kappa shape index (κ3) is 8.93. The molecule has 1 saturated heterocycles. The Morgan fingerprint density at radius 2 is 1.55 bits per heavy atom. The van der Waals surface area contributed by atoms with Crippen molar-refractivity contribution in [2.24, 2.45) is 5.92 Å². The van der Waals surface area contributed by atoms with Gasteiger partial charge in [-0.15, -0.1) is 0 Å². The lowest BCUT2D eigenvalue weighted by Gasteiger charge is -2.34. The van der Waals surface area contributed by atoms with Crippen LogP contribution in [0, 0.1) is 5.92 Å². The van der Waals surface area contributed by atoms with Gasteiger partial charge >= 0.3 is 0 Å². The van der Waals surface area contributed by atoms with E-state index in [0.29, 0.717) is 0 Å². The molecule has 3 heteroatoms. The standard InChI is InChI=1S/C17H35NO2/c1-16(2,3)19-12-9-15-8-7-10-18(14-15)11-13-20-17(4,5)6/h15H,7-14H2,1-6H3/t15-/m0/s1. The highest BCUT2D eigenvalue weighted by molar-refractivity contribution is 4.74. The smallest absolute Gasteiger partial charge is 0.0600 e. The highest BCUT2D eigenvalue weighted by atomic mass is 16.5. The van der Waals surface area contributed by atoms with Crippen molar-refractivity contribution in [3.8, 4) is 0 Å². The van der Waals surface area contributed by atoms with Gasteiger partial charge in [0.15, 0.2) is 0 Å². The molecule has 0 N–H and O–H groups in total. The fraction of sp³-hybridized carbons (Fsp3) is 1.00. The molecule has 0 amide bonds. The molecule has 0 radical (unpaired) electrons. The first-order valence-electron chi connectivity index (χ1n) is 8.16. The van der Waals surface area contributed by atoms with E-state index in [1.807, 2.05) is 0 Å². The van der Waals surface area contributed by atoms with Gasteiger partial charge < -0.3 is 14.4 Å². The van der Waals surface area contributed by atoms with Crippen LogP contribution < -0.4 is 0 Å². The Hall–Kier alpha value is -0.120. The second kappa shape index (κ2) is 7.77. The zero-order valence-electron chi connectivity index (χ0n) is 14.5. The summed E-state index contributed by atoms with van der Waals surface area (Å²) in [6.07, 6.45) is 3.85. The summed E-state index contributed by atoms with van der Waals surface area (Å²) in [7, 11) is 0. The molecule has 20 heavy (non-hydrogen) atoms. The predicted octanol–water partition coefficient (Wildman–Crippen LogP) is 3.72. The number of ether oxygens (including phenoxy) is 2. The molecule has 0 aliphatic carbocycles. The van der Waals surface area contributed by atoms with Crippen LogP contribution >= 0.6 is 0 Å². The lowest BCUT2D eigenvalue weighted by atomic mass is 9.95. The monoisotopic (exact) mass is 285 g/mol. The first kappa shape index (κ1) is 17.9. The number of hydrogen-bond donors (Lipinski definition) is 0. The third-order valence-corrected chi connectivity index (χ3v) is 3.61. The molecule has 0 aromatic carbocycles. The molecule has 0 spiro atoms. The van der Waals surface area contributed by atoms with Crippen LogP contribution in [0.1, 0.15) is 60.8 Å². The largest absolute Gasteiger partial charge is 0.376 e. The molecule has 0 aromatic heterocycles. The molecule has 0 bridgehead atoms. The van der Waals surface area contributed by atoms with Crippen LogP contribution in [0.15, 0.2) is 0 Å². The third-order valence-electron chi connectivity index (χ3n) is 3.61. The molecule has 3 nitrogen and oxygen atoms in total. The van der Waals surface area contributed by atoms with Crippen LogP contribution in [-0.2, 0) is 9.47 Å². The fourth-order valence-corrected chi connectivity index (χ4v) is 2.60. The molecule has 1 rings (SSSR count). The van der Waals surface area contributed by atoms with E-state index in [0.717, 1.165) is 25.7 Å². The van der Waals surface area contributed by atoms with Crippen molar-refractivity contribution < 1.29 is 9.47 Å². The molecular formula is C17H35NO2. The van der Waals surface area contributed by atoms with Gasteiger partial charge in [0.1, 0.15) is 0 Å². The van der Waals surface area contributed by atoms with Gasteiger partial charge in [-0.25, -0.2) is 0 Å². The van der Waals surface area contributed by atoms with Crippen molar-refractivity contribution in [2.45, 2.75) is 72.0 Å². The quantitative estimate of drug-likeness (QED) is 0.742. The van der Waals surface area contributed by atoms with Gasteiger partial charge in [0, 0.05) is 19.7 Å². The van der Waals surface area contributed by atoms with E-state index < -0.39 is 0 Å². The Labute approximate surface area is 126 Å². The summed E-state index contributed by atoms with van der Waals surface area (Å²) in [5.41, 5.74) is -0.0232. The summed E-state index contributed by atoms with van der Waals surface area (Å²) in [5.74, 6) is 0.792. The molecule has 1 heterocycles. The minimum Gasteiger partial charge on any atom is -0.376 e. The van der Waals surface area contributed by atoms with Crippen LogP contribution in [0.4, 0.5) is 0 Å². The van der Waals surface area contributed by atoms with Crippen molar-refractivity contribution >= 4 is 0 Å². The number of rotatable bonds is 6. The summed E-state index contributed by atoms with van der Waals surface area (Å²) >= 11 is 0. The van der Waals surface area contributed by atoms with Crippen molar-refractivity contribution in [2.75, 3.05) is 32.8 Å². The first-order chi connectivity index (χ1) is 9.16. The van der Waals surface area contributed by atoms with Crippen LogP contribution in [-0.4, -0.2) is 49.0 Å². The first-order valence-corrected chi connectivity index (χ1v) is 8.16. The lowest BCUT2D eigenvalue weighted by molar-refractivity contribution is -0.0244. The van der Waals surface area contributed by atoms with Crippen LogP contribution in [0.5, 0.6) is 0 Å². The van der Waals surface area contributed by atoms with Gasteiger partial charge in [-0.3, -0.25) is 0 Å². The molecular weight excluding hydrogens is 250 g/mol. The van der Waals surface area contributed by atoms with E-state index in [4.69, 9.17) is 9.47 Å². The van der Waals surface area contributed by atoms with Gasteiger partial charge in [-0.1, -0.05) is 0 Å². The lowest BCUT2D eigenvalue weighted by Crippen LogP contribution is -2.39. The van der Waals surface area contributed by atoms with E-state index in [2.05, 4.69) is 46.4 Å². The molecule has 0 unspecified atom stereocenters. The number of nitrogens with zero attached hydrogens (tertiary/aromatic N) is 1. The Bertz CT molecular complexity index is 239. The molecule has 1 aliphatic rings. The fourth-order valence-electron chi connectivity index (χ4n) is 2.60. The maximum atomic E-state index is 5.85. The minimum absolute atomic E-state index is 0.00506. The van der Waals surface area contributed by atoms with Crippen LogP contribution in [0.2, 0.25) is 0 Å². The Balaban J connectivity index is 2.18. The molecule has 120 valence electrons. The average molecular weight is 285 g/mol. The van der Waals surface area contributed by atoms with Gasteiger partial charge in [-0.2, -0.15) is 0 Å². The van der Waals surface area contributed by atoms with Gasteiger partial charge in [0.05, 0.1) is 17.8 Å². The summed E-state index contributed by atoms with van der Waals surface area (Å²) < 4.78 is 11.7. The van der Waals surface area contributed by atoms with Crippen molar-refractivity contribution in [3.63, 3.8) is 0 Å². The summed E-state index contributed by atoms with van der Waals surface area (Å²) in [4.78, 5) is 2.55. The summed E-state index contributed by atoms with van der Waals surface area (Å²) in [5, 5.41) is 0. The maximum Gasteiger partial charge on any atom is 0.0600 e. The van der Waals surface area contributed by atoms with Crippen molar-refractivity contribution in [1.82, 2.24) is 4.90 Å². The number of hydrogen-bond acceptors (Lipinski definition) is 3. The molecule has 1 aliphatic heterocycles. The zero-order chi connectivity index (χ0) is 15.2. The van der Waals surface area contributed by atoms with Crippen LogP contribution in [0.3, 0.4) is 0 Å². The summed E-state index contributed by atoms with van der Waals surface area (Å²) in [6.45, 7) is 18.0. The summed E-state index contributed by atoms with van der Waals surface area (Å²) in [6, 6.07) is 0. The van der Waals surface area contributed by atoms with E-state index >= 15 is 0 Å². The van der Waals surface area contributed by atoms with E-state index in [9.17, 15) is 0 Å². The Morgan fingerprint density at radius 1 is 0.950 bits per heavy atom. The van der Waals surface area contributed by atoms with E-state index in [-0.39, 0.29) is 11.2 Å². The van der Waals surface area contributed by atoms with Crippen molar-refractivity contribution in [1.29, 1.82) is 0 Å². The van der Waals surface area contributed by atoms with E-state index in [1.54, 1.807) is 0 Å². The SMILES string of the molecule is CC(C)(C)OCC[C@@H]1CCCN(CCOC(C)(C)C)C1. The second-order valence-corrected chi connectivity index (χ2v) is 8.02. The molecule has 0 aromatic rings. The zero-order valence-corrected chi connectivity index (χ0v) is 14.5. The highest BCUT2D eigenvalue weighted by Gasteiger charge is 2.21. The molecule has 0 saturated carbocycles. The number of likely N-dealkylation sites (tertiary alicyclic amines) is 1. The maximum absolute atomic E-state index is 5.85. The topological polar surface area (TPSA) is 21.7 Å². The number of piperidine rings is 1. The molecule has 1 fully saturated rings. The van der Waals surface area contributed by atoms with Gasteiger partial charge in [0.2, 0.25) is 0 Å². The average Bonchev–Trinajstić information content (AvgIpc) is 2.26. The van der Waals surface area contributed by atoms with Crippen LogP contribution in [0.25, 0.3) is 0 Å². The van der Waals surface area contributed by atoms with Gasteiger partial charge in [-0.05, 0) is 73.3 Å². The normalized spacial score (nSPS) is 22.2. The minimum atomic E-state index is -0.0181. The molecule has 1 atom stereocenters.